The summed E-state index contributed by atoms with van der Waals surface area (Å²) in [6, 6.07) is 14.2. The van der Waals surface area contributed by atoms with Crippen molar-refractivity contribution in [3.05, 3.63) is 58.6 Å². The van der Waals surface area contributed by atoms with E-state index >= 15 is 0 Å². The predicted octanol–water partition coefficient (Wildman–Crippen LogP) is 4.02. The molecular formula is C18H18N2OS. The fourth-order valence-electron chi connectivity index (χ4n) is 2.54. The summed E-state index contributed by atoms with van der Waals surface area (Å²) in [5, 5.41) is 0.668. The van der Waals surface area contributed by atoms with Crippen molar-refractivity contribution in [3.8, 4) is 11.1 Å². The Kier molecular flexibility index (Phi) is 4.03. The topological polar surface area (TPSA) is 34.9 Å². The third-order valence-corrected chi connectivity index (χ3v) is 4.75. The first-order chi connectivity index (χ1) is 10.6. The standard InChI is InChI=1S/C18H18N2OS/c1-4-22-17-8-6-5-7-14(17)13-9-10-16-15(11-13)18(21)20(3)12(2)19-16/h5-11H,4H2,1-3H3. The van der Waals surface area contributed by atoms with Crippen molar-refractivity contribution >= 4 is 22.7 Å². The molecule has 0 N–H and O–H groups in total. The van der Waals surface area contributed by atoms with Gasteiger partial charge in [0.2, 0.25) is 0 Å². The van der Waals surface area contributed by atoms with Crippen molar-refractivity contribution in [2.24, 2.45) is 7.05 Å². The highest BCUT2D eigenvalue weighted by Crippen LogP contribution is 2.32. The van der Waals surface area contributed by atoms with E-state index in [2.05, 4.69) is 24.0 Å². The van der Waals surface area contributed by atoms with Crippen molar-refractivity contribution in [1.29, 1.82) is 0 Å². The average molecular weight is 310 g/mol. The first kappa shape index (κ1) is 14.9. The number of hydrogen-bond donors (Lipinski definition) is 0. The van der Waals surface area contributed by atoms with Crippen LogP contribution in [-0.2, 0) is 7.05 Å². The molecule has 112 valence electrons. The second kappa shape index (κ2) is 5.97. The summed E-state index contributed by atoms with van der Waals surface area (Å²) in [6.45, 7) is 3.99. The van der Waals surface area contributed by atoms with Gasteiger partial charge >= 0.3 is 0 Å². The van der Waals surface area contributed by atoms with E-state index in [1.807, 2.05) is 49.0 Å². The maximum Gasteiger partial charge on any atom is 0.261 e. The van der Waals surface area contributed by atoms with Gasteiger partial charge in [0.25, 0.3) is 5.56 Å². The van der Waals surface area contributed by atoms with Gasteiger partial charge in [-0.05, 0) is 42.0 Å². The Bertz CT molecular complexity index is 899. The average Bonchev–Trinajstić information content (AvgIpc) is 2.53. The number of benzene rings is 2. The van der Waals surface area contributed by atoms with Crippen LogP contribution in [0, 0.1) is 6.92 Å². The van der Waals surface area contributed by atoms with Gasteiger partial charge in [-0.25, -0.2) is 4.98 Å². The highest BCUT2D eigenvalue weighted by atomic mass is 32.2. The number of fused-ring (bicyclic) bond motifs is 1. The molecule has 3 rings (SSSR count). The molecule has 3 aromatic rings. The Balaban J connectivity index is 2.24. The second-order valence-corrected chi connectivity index (χ2v) is 6.49. The zero-order valence-electron chi connectivity index (χ0n) is 13.0. The van der Waals surface area contributed by atoms with Gasteiger partial charge in [0, 0.05) is 11.9 Å². The van der Waals surface area contributed by atoms with Crippen LogP contribution in [0.5, 0.6) is 0 Å². The minimum atomic E-state index is 0.00461. The second-order valence-electron chi connectivity index (χ2n) is 5.18. The number of thioether (sulfide) groups is 1. The molecular weight excluding hydrogens is 292 g/mol. The molecule has 0 spiro atoms. The maximum absolute atomic E-state index is 12.5. The van der Waals surface area contributed by atoms with E-state index in [4.69, 9.17) is 0 Å². The van der Waals surface area contributed by atoms with Crippen LogP contribution in [0.25, 0.3) is 22.0 Å². The summed E-state index contributed by atoms with van der Waals surface area (Å²) in [5.74, 6) is 1.75. The van der Waals surface area contributed by atoms with Crippen LogP contribution in [-0.4, -0.2) is 15.3 Å². The number of aromatic nitrogens is 2. The minimum Gasteiger partial charge on any atom is -0.299 e. The molecule has 0 atom stereocenters. The van der Waals surface area contributed by atoms with Crippen LogP contribution in [0.4, 0.5) is 0 Å². The van der Waals surface area contributed by atoms with E-state index in [-0.39, 0.29) is 5.56 Å². The molecule has 0 aliphatic carbocycles. The molecule has 0 bridgehead atoms. The highest BCUT2D eigenvalue weighted by molar-refractivity contribution is 7.99. The van der Waals surface area contributed by atoms with Crippen molar-refractivity contribution < 1.29 is 0 Å². The SMILES string of the molecule is CCSc1ccccc1-c1ccc2nc(C)n(C)c(=O)c2c1. The van der Waals surface area contributed by atoms with Gasteiger partial charge in [0.15, 0.2) is 0 Å². The fourth-order valence-corrected chi connectivity index (χ4v) is 3.36. The highest BCUT2D eigenvalue weighted by Gasteiger charge is 2.09. The molecule has 22 heavy (non-hydrogen) atoms. The van der Waals surface area contributed by atoms with Gasteiger partial charge in [-0.3, -0.25) is 9.36 Å². The van der Waals surface area contributed by atoms with Gasteiger partial charge in [0.05, 0.1) is 10.9 Å². The molecule has 3 nitrogen and oxygen atoms in total. The van der Waals surface area contributed by atoms with Gasteiger partial charge in [-0.2, -0.15) is 0 Å². The molecule has 0 unspecified atom stereocenters. The molecule has 0 fully saturated rings. The van der Waals surface area contributed by atoms with E-state index < -0.39 is 0 Å². The number of nitrogens with zero attached hydrogens (tertiary/aromatic N) is 2. The smallest absolute Gasteiger partial charge is 0.261 e. The summed E-state index contributed by atoms with van der Waals surface area (Å²) < 4.78 is 1.60. The lowest BCUT2D eigenvalue weighted by Crippen LogP contribution is -2.20. The Morgan fingerprint density at radius 2 is 1.95 bits per heavy atom. The Labute approximate surface area is 134 Å². The van der Waals surface area contributed by atoms with E-state index in [1.165, 1.54) is 10.5 Å². The molecule has 0 aliphatic heterocycles. The molecule has 1 heterocycles. The van der Waals surface area contributed by atoms with E-state index in [1.54, 1.807) is 11.6 Å². The fraction of sp³-hybridized carbons (Fsp3) is 0.222. The zero-order chi connectivity index (χ0) is 15.7. The Morgan fingerprint density at radius 3 is 2.73 bits per heavy atom. The normalized spacial score (nSPS) is 11.0. The maximum atomic E-state index is 12.5. The first-order valence-electron chi connectivity index (χ1n) is 7.31. The van der Waals surface area contributed by atoms with Crippen molar-refractivity contribution in [3.63, 3.8) is 0 Å². The van der Waals surface area contributed by atoms with Crippen LogP contribution in [0.2, 0.25) is 0 Å². The summed E-state index contributed by atoms with van der Waals surface area (Å²) >= 11 is 1.81. The molecule has 0 radical (unpaired) electrons. The lowest BCUT2D eigenvalue weighted by atomic mass is 10.0. The molecule has 0 saturated heterocycles. The van der Waals surface area contributed by atoms with Crippen molar-refractivity contribution in [2.75, 3.05) is 5.75 Å². The summed E-state index contributed by atoms with van der Waals surface area (Å²) in [5.41, 5.74) is 2.99. The van der Waals surface area contributed by atoms with Crippen LogP contribution >= 0.6 is 11.8 Å². The van der Waals surface area contributed by atoms with Crippen LogP contribution < -0.4 is 5.56 Å². The third-order valence-electron chi connectivity index (χ3n) is 3.80. The lowest BCUT2D eigenvalue weighted by molar-refractivity contribution is 0.792. The third kappa shape index (κ3) is 2.55. The lowest BCUT2D eigenvalue weighted by Gasteiger charge is -2.10. The molecule has 2 aromatic carbocycles. The van der Waals surface area contributed by atoms with Gasteiger partial charge in [0.1, 0.15) is 5.82 Å². The van der Waals surface area contributed by atoms with Crippen LogP contribution in [0.1, 0.15) is 12.7 Å². The van der Waals surface area contributed by atoms with Crippen molar-refractivity contribution in [1.82, 2.24) is 9.55 Å². The molecule has 1 aromatic heterocycles. The van der Waals surface area contributed by atoms with E-state index in [0.717, 1.165) is 22.7 Å². The largest absolute Gasteiger partial charge is 0.299 e. The zero-order valence-corrected chi connectivity index (χ0v) is 13.8. The number of rotatable bonds is 3. The monoisotopic (exact) mass is 310 g/mol. The van der Waals surface area contributed by atoms with Crippen LogP contribution in [0.15, 0.2) is 52.2 Å². The molecule has 0 amide bonds. The molecule has 0 saturated carbocycles. The summed E-state index contributed by atoms with van der Waals surface area (Å²) in [6.07, 6.45) is 0. The van der Waals surface area contributed by atoms with Crippen LogP contribution in [0.3, 0.4) is 0 Å². The predicted molar refractivity (Wildman–Crippen MR) is 93.6 cm³/mol. The minimum absolute atomic E-state index is 0.00461. The summed E-state index contributed by atoms with van der Waals surface area (Å²) in [7, 11) is 1.76. The number of hydrogen-bond acceptors (Lipinski definition) is 3. The van der Waals surface area contributed by atoms with Gasteiger partial charge in [-0.15, -0.1) is 11.8 Å². The molecule has 0 aliphatic rings. The quantitative estimate of drug-likeness (QED) is 0.685. The van der Waals surface area contributed by atoms with E-state index in [9.17, 15) is 4.79 Å². The Morgan fingerprint density at radius 1 is 1.18 bits per heavy atom. The first-order valence-corrected chi connectivity index (χ1v) is 8.30. The van der Waals surface area contributed by atoms with E-state index in [0.29, 0.717) is 5.39 Å². The molecule has 4 heteroatoms. The summed E-state index contributed by atoms with van der Waals surface area (Å²) in [4.78, 5) is 18.2. The van der Waals surface area contributed by atoms with Gasteiger partial charge < -0.3 is 0 Å². The Hall–Kier alpha value is -2.07. The number of aryl methyl sites for hydroxylation is 1. The van der Waals surface area contributed by atoms with Crippen molar-refractivity contribution in [2.45, 2.75) is 18.7 Å². The van der Waals surface area contributed by atoms with Gasteiger partial charge in [-0.1, -0.05) is 31.2 Å².